The van der Waals surface area contributed by atoms with E-state index < -0.39 is 35.1 Å². The molecule has 0 aliphatic heterocycles. The van der Waals surface area contributed by atoms with Crippen LogP contribution in [0.3, 0.4) is 0 Å². The Kier molecular flexibility index (Phi) is 6.45. The summed E-state index contributed by atoms with van der Waals surface area (Å²) in [5.74, 6) is -6.05. The van der Waals surface area contributed by atoms with Gasteiger partial charge < -0.3 is 9.47 Å². The van der Waals surface area contributed by atoms with Gasteiger partial charge in [0.25, 0.3) is 0 Å². The minimum absolute atomic E-state index is 0.0665. The molecular weight excluding hydrogens is 296 g/mol. The third-order valence-corrected chi connectivity index (χ3v) is 2.90. The molecule has 0 N–H and O–H groups in total. The van der Waals surface area contributed by atoms with Gasteiger partial charge in [-0.25, -0.2) is 13.6 Å². The van der Waals surface area contributed by atoms with Crippen LogP contribution in [0, 0.1) is 23.0 Å². The van der Waals surface area contributed by atoms with Gasteiger partial charge in [-0.15, -0.1) is 0 Å². The number of nitriles is 1. The highest BCUT2D eigenvalue weighted by Crippen LogP contribution is 2.25. The lowest BCUT2D eigenvalue weighted by molar-refractivity contribution is -0.144. The fourth-order valence-electron chi connectivity index (χ4n) is 1.73. The minimum Gasteiger partial charge on any atom is -0.465 e. The van der Waals surface area contributed by atoms with Crippen molar-refractivity contribution >= 4 is 11.9 Å². The first-order chi connectivity index (χ1) is 10.5. The molecule has 0 aromatic heterocycles. The highest BCUT2D eigenvalue weighted by molar-refractivity contribution is 5.90. The molecule has 0 bridgehead atoms. The number of benzene rings is 1. The number of esters is 2. The first-order valence-corrected chi connectivity index (χ1v) is 6.59. The number of nitrogens with zero attached hydrogens (tertiary/aromatic N) is 1. The number of methoxy groups -OCH3 is 1. The van der Waals surface area contributed by atoms with Crippen LogP contribution in [-0.4, -0.2) is 25.7 Å². The van der Waals surface area contributed by atoms with Gasteiger partial charge in [0.2, 0.25) is 0 Å². The fraction of sp³-hybridized carbons (Fsp3) is 0.400. The summed E-state index contributed by atoms with van der Waals surface area (Å²) in [6.07, 6.45) is 1.34. The molecule has 1 unspecified atom stereocenters. The van der Waals surface area contributed by atoms with Crippen molar-refractivity contribution < 1.29 is 27.8 Å². The van der Waals surface area contributed by atoms with Gasteiger partial charge in [-0.1, -0.05) is 13.3 Å². The lowest BCUT2D eigenvalue weighted by Gasteiger charge is -2.12. The Hall–Kier alpha value is -2.49. The first kappa shape index (κ1) is 17.6. The van der Waals surface area contributed by atoms with E-state index in [1.165, 1.54) is 6.07 Å². The van der Waals surface area contributed by atoms with E-state index >= 15 is 0 Å². The van der Waals surface area contributed by atoms with Gasteiger partial charge in [0.1, 0.15) is 11.6 Å². The normalized spacial score (nSPS) is 11.4. The molecule has 0 radical (unpaired) electrons. The molecule has 1 aromatic carbocycles. The first-order valence-electron chi connectivity index (χ1n) is 6.59. The van der Waals surface area contributed by atoms with Crippen LogP contribution < -0.4 is 0 Å². The summed E-state index contributed by atoms with van der Waals surface area (Å²) < 4.78 is 37.1. The molecule has 0 heterocycles. The molecular formula is C15H15F2NO4. The number of carbonyl (C=O) groups is 2. The summed E-state index contributed by atoms with van der Waals surface area (Å²) in [5.41, 5.74) is -1.09. The van der Waals surface area contributed by atoms with Crippen molar-refractivity contribution in [2.24, 2.45) is 0 Å². The Morgan fingerprint density at radius 3 is 2.36 bits per heavy atom. The van der Waals surface area contributed by atoms with E-state index in [0.717, 1.165) is 13.5 Å². The van der Waals surface area contributed by atoms with Crippen LogP contribution in [0.25, 0.3) is 0 Å². The Morgan fingerprint density at radius 2 is 1.91 bits per heavy atom. The standard InChI is InChI=1S/C15H15F2NO4/c1-3-4-5-22-15(20)10(8-18)13-11(16)6-9(7-12(13)17)14(19)21-2/h6-7,10H,3-5H2,1-2H3. The van der Waals surface area contributed by atoms with E-state index in [2.05, 4.69) is 4.74 Å². The van der Waals surface area contributed by atoms with Crippen LogP contribution in [0.2, 0.25) is 0 Å². The summed E-state index contributed by atoms with van der Waals surface area (Å²) >= 11 is 0. The van der Waals surface area contributed by atoms with Gasteiger partial charge >= 0.3 is 11.9 Å². The molecule has 0 amide bonds. The van der Waals surface area contributed by atoms with Crippen LogP contribution >= 0.6 is 0 Å². The second-order valence-electron chi connectivity index (χ2n) is 4.43. The molecule has 0 saturated carbocycles. The summed E-state index contributed by atoms with van der Waals surface area (Å²) in [6.45, 7) is 1.94. The minimum atomic E-state index is -1.73. The molecule has 118 valence electrons. The molecule has 0 aliphatic carbocycles. The topological polar surface area (TPSA) is 76.4 Å². The summed E-state index contributed by atoms with van der Waals surface area (Å²) in [7, 11) is 1.06. The Balaban J connectivity index is 3.10. The number of halogens is 2. The number of rotatable bonds is 6. The molecule has 0 spiro atoms. The number of hydrogen-bond acceptors (Lipinski definition) is 5. The SMILES string of the molecule is CCCCOC(=O)C(C#N)c1c(F)cc(C(=O)OC)cc1F. The number of hydrogen-bond donors (Lipinski definition) is 0. The predicted octanol–water partition coefficient (Wildman–Crippen LogP) is 2.70. The van der Waals surface area contributed by atoms with Crippen molar-refractivity contribution in [3.05, 3.63) is 34.9 Å². The van der Waals surface area contributed by atoms with Crippen molar-refractivity contribution in [1.29, 1.82) is 5.26 Å². The molecule has 0 aliphatic rings. The van der Waals surface area contributed by atoms with Gasteiger partial charge in [0, 0.05) is 0 Å². The van der Waals surface area contributed by atoms with Crippen molar-refractivity contribution in [2.75, 3.05) is 13.7 Å². The highest BCUT2D eigenvalue weighted by Gasteiger charge is 2.29. The molecule has 1 rings (SSSR count). The van der Waals surface area contributed by atoms with E-state index in [9.17, 15) is 18.4 Å². The maximum atomic E-state index is 14.0. The van der Waals surface area contributed by atoms with Crippen LogP contribution in [-0.2, 0) is 14.3 Å². The third-order valence-electron chi connectivity index (χ3n) is 2.90. The van der Waals surface area contributed by atoms with E-state index in [1.807, 2.05) is 6.92 Å². The summed E-state index contributed by atoms with van der Waals surface area (Å²) in [5, 5.41) is 9.00. The van der Waals surface area contributed by atoms with Gasteiger partial charge in [0.15, 0.2) is 5.92 Å². The lowest BCUT2D eigenvalue weighted by atomic mass is 9.97. The van der Waals surface area contributed by atoms with Crippen molar-refractivity contribution in [2.45, 2.75) is 25.7 Å². The monoisotopic (exact) mass is 311 g/mol. The number of unbranched alkanes of at least 4 members (excludes halogenated alkanes) is 1. The molecule has 5 nitrogen and oxygen atoms in total. The zero-order chi connectivity index (χ0) is 16.7. The van der Waals surface area contributed by atoms with Crippen LogP contribution in [0.4, 0.5) is 8.78 Å². The number of carbonyl (C=O) groups excluding carboxylic acids is 2. The maximum absolute atomic E-state index is 14.0. The average molecular weight is 311 g/mol. The Bertz CT molecular complexity index is 587. The van der Waals surface area contributed by atoms with E-state index in [-0.39, 0.29) is 12.2 Å². The van der Waals surface area contributed by atoms with Gasteiger partial charge in [-0.3, -0.25) is 4.79 Å². The van der Waals surface area contributed by atoms with Gasteiger partial charge in [-0.2, -0.15) is 5.26 Å². The van der Waals surface area contributed by atoms with Crippen LogP contribution in [0.15, 0.2) is 12.1 Å². The molecule has 1 aromatic rings. The lowest BCUT2D eigenvalue weighted by Crippen LogP contribution is -2.18. The van der Waals surface area contributed by atoms with Gasteiger partial charge in [0.05, 0.1) is 30.9 Å². The quantitative estimate of drug-likeness (QED) is 0.596. The average Bonchev–Trinajstić information content (AvgIpc) is 2.49. The molecule has 0 fully saturated rings. The van der Waals surface area contributed by atoms with E-state index in [4.69, 9.17) is 10.00 Å². The van der Waals surface area contributed by atoms with Crippen molar-refractivity contribution in [1.82, 2.24) is 0 Å². The van der Waals surface area contributed by atoms with Crippen molar-refractivity contribution in [3.63, 3.8) is 0 Å². The molecule has 22 heavy (non-hydrogen) atoms. The molecule has 7 heteroatoms. The van der Waals surface area contributed by atoms with Gasteiger partial charge in [-0.05, 0) is 18.6 Å². The largest absolute Gasteiger partial charge is 0.465 e. The zero-order valence-electron chi connectivity index (χ0n) is 12.2. The summed E-state index contributed by atoms with van der Waals surface area (Å²) in [4.78, 5) is 23.0. The number of ether oxygens (including phenoxy) is 2. The summed E-state index contributed by atoms with van der Waals surface area (Å²) in [6, 6.07) is 2.95. The highest BCUT2D eigenvalue weighted by atomic mass is 19.1. The maximum Gasteiger partial charge on any atom is 0.338 e. The molecule has 0 saturated heterocycles. The van der Waals surface area contributed by atoms with Crippen LogP contribution in [0.5, 0.6) is 0 Å². The second kappa shape index (κ2) is 8.08. The van der Waals surface area contributed by atoms with Crippen molar-refractivity contribution in [3.8, 4) is 6.07 Å². The van der Waals surface area contributed by atoms with E-state index in [1.54, 1.807) is 0 Å². The Labute approximate surface area is 126 Å². The van der Waals surface area contributed by atoms with Crippen LogP contribution in [0.1, 0.15) is 41.6 Å². The predicted molar refractivity (Wildman–Crippen MR) is 71.9 cm³/mol. The smallest absolute Gasteiger partial charge is 0.338 e. The zero-order valence-corrected chi connectivity index (χ0v) is 12.2. The van der Waals surface area contributed by atoms with E-state index in [0.29, 0.717) is 18.6 Å². The third kappa shape index (κ3) is 4.01. The second-order valence-corrected chi connectivity index (χ2v) is 4.43. The molecule has 1 atom stereocenters. The fourth-order valence-corrected chi connectivity index (χ4v) is 1.73. The Morgan fingerprint density at radius 1 is 1.32 bits per heavy atom.